The number of methoxy groups -OCH3 is 1. The molecule has 0 spiro atoms. The molecule has 0 aliphatic carbocycles. The summed E-state index contributed by atoms with van der Waals surface area (Å²) in [5.74, 6) is 0.902. The van der Waals surface area contributed by atoms with E-state index in [9.17, 15) is 12.8 Å². The first-order chi connectivity index (χ1) is 15.4. The second kappa shape index (κ2) is 9.25. The number of nitrogens with zero attached hydrogens (tertiary/aromatic N) is 4. The molecule has 170 valence electrons. The van der Waals surface area contributed by atoms with Crippen LogP contribution in [0.4, 0.5) is 10.1 Å². The van der Waals surface area contributed by atoms with E-state index in [1.165, 1.54) is 29.6 Å². The van der Waals surface area contributed by atoms with Crippen LogP contribution in [0.2, 0.25) is 0 Å². The Bertz CT molecular complexity index is 1190. The maximum atomic E-state index is 14.1. The molecule has 0 radical (unpaired) electrons. The van der Waals surface area contributed by atoms with Gasteiger partial charge < -0.3 is 14.2 Å². The van der Waals surface area contributed by atoms with Crippen LogP contribution >= 0.6 is 0 Å². The van der Waals surface area contributed by atoms with Crippen LogP contribution in [0.25, 0.3) is 11.5 Å². The first-order valence-corrected chi connectivity index (χ1v) is 11.9. The van der Waals surface area contributed by atoms with Crippen LogP contribution in [-0.2, 0) is 16.4 Å². The Hall–Kier alpha value is -2.98. The summed E-state index contributed by atoms with van der Waals surface area (Å²) in [7, 11) is -2.27. The molecule has 1 saturated heterocycles. The molecule has 3 aromatic rings. The lowest BCUT2D eigenvalue weighted by Crippen LogP contribution is -2.48. The molecule has 0 N–H and O–H groups in total. The maximum Gasteiger partial charge on any atom is 0.261 e. The molecule has 1 fully saturated rings. The molecule has 0 saturated carbocycles. The van der Waals surface area contributed by atoms with Crippen molar-refractivity contribution in [3.05, 3.63) is 54.1 Å². The average molecular weight is 461 g/mol. The Morgan fingerprint density at radius 1 is 1.12 bits per heavy atom. The fraction of sp³-hybridized carbons (Fsp3) is 0.364. The number of hydrogen-bond donors (Lipinski definition) is 0. The SMILES string of the molecule is CCCc1noc(-c2cc(S(=O)(=O)N3CCN(c4ccccc4F)CC3)ccc2OC)n1. The van der Waals surface area contributed by atoms with Crippen molar-refractivity contribution in [1.82, 2.24) is 14.4 Å². The van der Waals surface area contributed by atoms with Crippen LogP contribution in [0.3, 0.4) is 0 Å². The summed E-state index contributed by atoms with van der Waals surface area (Å²) >= 11 is 0. The van der Waals surface area contributed by atoms with Crippen LogP contribution < -0.4 is 9.64 Å². The average Bonchev–Trinajstić information content (AvgIpc) is 3.28. The first kappa shape index (κ1) is 22.2. The summed E-state index contributed by atoms with van der Waals surface area (Å²) in [6.45, 7) is 3.30. The predicted molar refractivity (Wildman–Crippen MR) is 118 cm³/mol. The van der Waals surface area contributed by atoms with E-state index in [0.29, 0.717) is 42.3 Å². The number of anilines is 1. The van der Waals surface area contributed by atoms with Crippen LogP contribution in [0.5, 0.6) is 5.75 Å². The Morgan fingerprint density at radius 2 is 1.88 bits per heavy atom. The highest BCUT2D eigenvalue weighted by Crippen LogP contribution is 2.33. The number of piperazine rings is 1. The zero-order valence-electron chi connectivity index (χ0n) is 18.0. The fourth-order valence-electron chi connectivity index (χ4n) is 3.73. The van der Waals surface area contributed by atoms with Gasteiger partial charge in [0, 0.05) is 32.6 Å². The number of para-hydroxylation sites is 1. The zero-order chi connectivity index (χ0) is 22.7. The van der Waals surface area contributed by atoms with Crippen molar-refractivity contribution < 1.29 is 22.1 Å². The summed E-state index contributed by atoms with van der Waals surface area (Å²) in [6, 6.07) is 11.1. The third-order valence-corrected chi connectivity index (χ3v) is 7.31. The van der Waals surface area contributed by atoms with Crippen molar-refractivity contribution in [1.29, 1.82) is 0 Å². The molecule has 1 aromatic heterocycles. The summed E-state index contributed by atoms with van der Waals surface area (Å²) in [4.78, 5) is 6.33. The number of rotatable bonds is 7. The highest BCUT2D eigenvalue weighted by atomic mass is 32.2. The van der Waals surface area contributed by atoms with Crippen molar-refractivity contribution in [2.75, 3.05) is 38.2 Å². The molecular weight excluding hydrogens is 435 g/mol. The van der Waals surface area contributed by atoms with Crippen LogP contribution in [0.15, 0.2) is 51.9 Å². The lowest BCUT2D eigenvalue weighted by Gasteiger charge is -2.35. The van der Waals surface area contributed by atoms with Crippen molar-refractivity contribution in [2.24, 2.45) is 0 Å². The van der Waals surface area contributed by atoms with Gasteiger partial charge in [-0.05, 0) is 36.8 Å². The van der Waals surface area contributed by atoms with Crippen molar-refractivity contribution in [3.63, 3.8) is 0 Å². The van der Waals surface area contributed by atoms with Gasteiger partial charge in [0.25, 0.3) is 5.89 Å². The minimum Gasteiger partial charge on any atom is -0.496 e. The van der Waals surface area contributed by atoms with Gasteiger partial charge in [-0.3, -0.25) is 0 Å². The Balaban J connectivity index is 1.57. The van der Waals surface area contributed by atoms with Gasteiger partial charge in [0.2, 0.25) is 10.0 Å². The van der Waals surface area contributed by atoms with Gasteiger partial charge in [0.05, 0.1) is 23.3 Å². The minimum absolute atomic E-state index is 0.114. The molecule has 1 aliphatic heterocycles. The van der Waals surface area contributed by atoms with Gasteiger partial charge in [-0.1, -0.05) is 24.2 Å². The zero-order valence-corrected chi connectivity index (χ0v) is 18.8. The molecule has 8 nitrogen and oxygen atoms in total. The topological polar surface area (TPSA) is 88.8 Å². The van der Waals surface area contributed by atoms with E-state index in [-0.39, 0.29) is 29.7 Å². The van der Waals surface area contributed by atoms with Gasteiger partial charge in [-0.2, -0.15) is 9.29 Å². The number of halogens is 1. The van der Waals surface area contributed by atoms with Gasteiger partial charge in [-0.15, -0.1) is 0 Å². The maximum absolute atomic E-state index is 14.1. The Labute approximate surface area is 186 Å². The molecule has 0 bridgehead atoms. The van der Waals surface area contributed by atoms with Crippen LogP contribution in [-0.4, -0.2) is 56.2 Å². The fourth-order valence-corrected chi connectivity index (χ4v) is 5.18. The standard InChI is InChI=1S/C22H25FN4O4S/c1-3-6-21-24-22(31-25-21)17-15-16(9-10-20(17)30-2)32(28,29)27-13-11-26(12-14-27)19-8-5-4-7-18(19)23/h4-5,7-10,15H,3,6,11-14H2,1-2H3. The number of sulfonamides is 1. The molecule has 2 aromatic carbocycles. The lowest BCUT2D eigenvalue weighted by atomic mass is 10.2. The predicted octanol–water partition coefficient (Wildman–Crippen LogP) is 3.35. The molecule has 2 heterocycles. The molecule has 0 unspecified atom stereocenters. The van der Waals surface area contributed by atoms with E-state index < -0.39 is 10.0 Å². The van der Waals surface area contributed by atoms with Crippen molar-refractivity contribution in [2.45, 2.75) is 24.7 Å². The van der Waals surface area contributed by atoms with Gasteiger partial charge >= 0.3 is 0 Å². The first-order valence-electron chi connectivity index (χ1n) is 10.4. The number of aromatic nitrogens is 2. The van der Waals surface area contributed by atoms with Gasteiger partial charge in [-0.25, -0.2) is 12.8 Å². The van der Waals surface area contributed by atoms with E-state index in [4.69, 9.17) is 9.26 Å². The molecule has 4 rings (SSSR count). The Morgan fingerprint density at radius 3 is 2.56 bits per heavy atom. The van der Waals surface area contributed by atoms with Crippen LogP contribution in [0.1, 0.15) is 19.2 Å². The molecular formula is C22H25FN4O4S. The Kier molecular flexibility index (Phi) is 6.43. The second-order valence-corrected chi connectivity index (χ2v) is 9.41. The van der Waals surface area contributed by atoms with E-state index >= 15 is 0 Å². The summed E-state index contributed by atoms with van der Waals surface area (Å²) < 4.78 is 52.8. The van der Waals surface area contributed by atoms with E-state index in [1.807, 2.05) is 11.8 Å². The molecule has 0 atom stereocenters. The second-order valence-electron chi connectivity index (χ2n) is 7.47. The monoisotopic (exact) mass is 460 g/mol. The summed E-state index contributed by atoms with van der Waals surface area (Å²) in [6.07, 6.45) is 1.53. The number of hydrogen-bond acceptors (Lipinski definition) is 7. The summed E-state index contributed by atoms with van der Waals surface area (Å²) in [5, 5.41) is 3.95. The third kappa shape index (κ3) is 4.33. The number of ether oxygens (including phenoxy) is 1. The highest BCUT2D eigenvalue weighted by molar-refractivity contribution is 7.89. The smallest absolute Gasteiger partial charge is 0.261 e. The molecule has 32 heavy (non-hydrogen) atoms. The van der Waals surface area contributed by atoms with Gasteiger partial charge in [0.15, 0.2) is 5.82 Å². The largest absolute Gasteiger partial charge is 0.496 e. The quantitative estimate of drug-likeness (QED) is 0.534. The highest BCUT2D eigenvalue weighted by Gasteiger charge is 2.30. The minimum atomic E-state index is -3.77. The molecule has 0 amide bonds. The lowest BCUT2D eigenvalue weighted by molar-refractivity contribution is 0.382. The molecule has 1 aliphatic rings. The number of benzene rings is 2. The van der Waals surface area contributed by atoms with Crippen molar-refractivity contribution in [3.8, 4) is 17.2 Å². The van der Waals surface area contributed by atoms with Crippen LogP contribution in [0, 0.1) is 5.82 Å². The van der Waals surface area contributed by atoms with Crippen molar-refractivity contribution >= 4 is 15.7 Å². The van der Waals surface area contributed by atoms with E-state index in [2.05, 4.69) is 10.1 Å². The van der Waals surface area contributed by atoms with E-state index in [1.54, 1.807) is 24.3 Å². The number of aryl methyl sites for hydroxylation is 1. The normalized spacial score (nSPS) is 15.2. The molecule has 10 heteroatoms. The van der Waals surface area contributed by atoms with Gasteiger partial charge in [0.1, 0.15) is 11.6 Å². The third-order valence-electron chi connectivity index (χ3n) is 5.41. The van der Waals surface area contributed by atoms with E-state index in [0.717, 1.165) is 6.42 Å². The summed E-state index contributed by atoms with van der Waals surface area (Å²) in [5.41, 5.74) is 0.906.